The Morgan fingerprint density at radius 3 is 2.56 bits per heavy atom. The van der Waals surface area contributed by atoms with Crippen molar-refractivity contribution in [3.63, 3.8) is 0 Å². The Morgan fingerprint density at radius 2 is 1.91 bits per heavy atom. The van der Waals surface area contributed by atoms with Gasteiger partial charge in [0.25, 0.3) is 0 Å². The molecule has 11 heteroatoms. The molecule has 0 radical (unpaired) electrons. The summed E-state index contributed by atoms with van der Waals surface area (Å²) in [4.78, 5) is 13.3. The van der Waals surface area contributed by atoms with Crippen LogP contribution in [0.2, 0.25) is 0 Å². The van der Waals surface area contributed by atoms with Gasteiger partial charge in [0.15, 0.2) is 0 Å². The average molecular weight is 470 g/mol. The number of nitriles is 1. The lowest BCUT2D eigenvalue weighted by Gasteiger charge is -2.28. The minimum Gasteiger partial charge on any atom is -0.438 e. The number of nitrogens with zero attached hydrogens (tertiary/aromatic N) is 5. The molecule has 0 spiro atoms. The second-order valence-corrected chi connectivity index (χ2v) is 7.49. The van der Waals surface area contributed by atoms with Crippen molar-refractivity contribution in [3.8, 4) is 28.8 Å². The molecule has 0 atom stereocenters. The first-order valence-electron chi connectivity index (χ1n) is 10.5. The number of aromatic nitrogens is 3. The maximum atomic E-state index is 13.5. The molecule has 1 aliphatic heterocycles. The largest absolute Gasteiger partial charge is 0.451 e. The lowest BCUT2D eigenvalue weighted by molar-refractivity contribution is -0.145. The molecule has 8 nitrogen and oxygen atoms in total. The van der Waals surface area contributed by atoms with E-state index in [0.717, 1.165) is 5.69 Å². The van der Waals surface area contributed by atoms with Crippen LogP contribution in [-0.2, 0) is 17.3 Å². The molecule has 1 saturated heterocycles. The van der Waals surface area contributed by atoms with Crippen LogP contribution in [0.15, 0.2) is 42.6 Å². The van der Waals surface area contributed by atoms with E-state index in [9.17, 15) is 18.4 Å². The molecule has 0 bridgehead atoms. The standard InChI is InChI=1S/C23H21F3N6O2/c24-23(25,26)22-30-20(32-7-9-33-10-8-32)12-21(31-22)34-19-11-15(13-28)1-4-18(19)16-2-3-17(5-6-27)29-14-16/h1-4,11-12,14H,5-10,27H2. The predicted molar refractivity (Wildman–Crippen MR) is 117 cm³/mol. The zero-order chi connectivity index (χ0) is 24.1. The summed E-state index contributed by atoms with van der Waals surface area (Å²) in [5.41, 5.74) is 7.87. The minimum atomic E-state index is -4.76. The number of rotatable bonds is 6. The van der Waals surface area contributed by atoms with Crippen LogP contribution in [0.5, 0.6) is 11.6 Å². The van der Waals surface area contributed by atoms with Gasteiger partial charge in [0.2, 0.25) is 11.7 Å². The maximum absolute atomic E-state index is 13.5. The van der Waals surface area contributed by atoms with Gasteiger partial charge in [-0.2, -0.15) is 23.4 Å². The first-order valence-corrected chi connectivity index (χ1v) is 10.5. The number of nitrogens with two attached hydrogens (primary N) is 1. The third kappa shape index (κ3) is 5.41. The van der Waals surface area contributed by atoms with Gasteiger partial charge >= 0.3 is 6.18 Å². The number of morpholine rings is 1. The molecular formula is C23H21F3N6O2. The lowest BCUT2D eigenvalue weighted by Crippen LogP contribution is -2.37. The topological polar surface area (TPSA) is 110 Å². The first-order chi connectivity index (χ1) is 16.4. The van der Waals surface area contributed by atoms with Crippen molar-refractivity contribution < 1.29 is 22.6 Å². The Balaban J connectivity index is 1.74. The third-order valence-electron chi connectivity index (χ3n) is 5.14. The van der Waals surface area contributed by atoms with Gasteiger partial charge in [-0.05, 0) is 30.8 Å². The molecule has 1 fully saturated rings. The first kappa shape index (κ1) is 23.4. The fraction of sp³-hybridized carbons (Fsp3) is 0.304. The number of hydrogen-bond acceptors (Lipinski definition) is 8. The monoisotopic (exact) mass is 470 g/mol. The van der Waals surface area contributed by atoms with Crippen molar-refractivity contribution in [3.05, 3.63) is 59.7 Å². The zero-order valence-electron chi connectivity index (χ0n) is 18.0. The second-order valence-electron chi connectivity index (χ2n) is 7.49. The van der Waals surface area contributed by atoms with E-state index in [1.165, 1.54) is 12.1 Å². The van der Waals surface area contributed by atoms with Gasteiger partial charge < -0.3 is 20.1 Å². The highest BCUT2D eigenvalue weighted by Gasteiger charge is 2.36. The molecule has 3 aromatic rings. The average Bonchev–Trinajstić information content (AvgIpc) is 2.84. The van der Waals surface area contributed by atoms with Gasteiger partial charge in [0.05, 0.1) is 24.8 Å². The van der Waals surface area contributed by atoms with Gasteiger partial charge in [0, 0.05) is 48.6 Å². The SMILES string of the molecule is N#Cc1ccc(-c2ccc(CCN)nc2)c(Oc2cc(N3CCOCC3)nc(C(F)(F)F)n2)c1. The Kier molecular flexibility index (Phi) is 6.90. The van der Waals surface area contributed by atoms with E-state index in [1.54, 1.807) is 23.2 Å². The van der Waals surface area contributed by atoms with E-state index in [-0.39, 0.29) is 23.0 Å². The Labute approximate surface area is 193 Å². The van der Waals surface area contributed by atoms with Crippen LogP contribution < -0.4 is 15.4 Å². The highest BCUT2D eigenvalue weighted by atomic mass is 19.4. The summed E-state index contributed by atoms with van der Waals surface area (Å²) >= 11 is 0. The fourth-order valence-electron chi connectivity index (χ4n) is 3.45. The van der Waals surface area contributed by atoms with Crippen LogP contribution in [0.25, 0.3) is 11.1 Å². The molecule has 176 valence electrons. The van der Waals surface area contributed by atoms with Gasteiger partial charge in [-0.15, -0.1) is 0 Å². The summed E-state index contributed by atoms with van der Waals surface area (Å²) in [5, 5.41) is 9.33. The second kappa shape index (κ2) is 10.0. The van der Waals surface area contributed by atoms with Crippen molar-refractivity contribution in [2.45, 2.75) is 12.6 Å². The normalized spacial score (nSPS) is 14.0. The van der Waals surface area contributed by atoms with Crippen LogP contribution in [0.3, 0.4) is 0 Å². The number of ether oxygens (including phenoxy) is 2. The number of alkyl halides is 3. The van der Waals surface area contributed by atoms with Crippen molar-refractivity contribution >= 4 is 5.82 Å². The van der Waals surface area contributed by atoms with Gasteiger partial charge in [-0.3, -0.25) is 4.98 Å². The lowest BCUT2D eigenvalue weighted by atomic mass is 10.0. The van der Waals surface area contributed by atoms with Gasteiger partial charge in [0.1, 0.15) is 11.6 Å². The molecule has 0 aliphatic carbocycles. The summed E-state index contributed by atoms with van der Waals surface area (Å²) in [6.45, 7) is 2.00. The molecule has 0 unspecified atom stereocenters. The Morgan fingerprint density at radius 1 is 1.12 bits per heavy atom. The van der Waals surface area contributed by atoms with E-state index in [0.29, 0.717) is 50.4 Å². The predicted octanol–water partition coefficient (Wildman–Crippen LogP) is 3.56. The van der Waals surface area contributed by atoms with Crippen molar-refractivity contribution in [1.29, 1.82) is 5.26 Å². The molecule has 2 aromatic heterocycles. The smallest absolute Gasteiger partial charge is 0.438 e. The fourth-order valence-corrected chi connectivity index (χ4v) is 3.45. The number of anilines is 1. The number of hydrogen-bond donors (Lipinski definition) is 1. The van der Waals surface area contributed by atoms with Crippen LogP contribution in [0.1, 0.15) is 17.1 Å². The molecule has 3 heterocycles. The summed E-state index contributed by atoms with van der Waals surface area (Å²) in [6, 6.07) is 11.7. The number of benzene rings is 1. The Bertz CT molecular complexity index is 1190. The van der Waals surface area contributed by atoms with Crippen molar-refractivity contribution in [1.82, 2.24) is 15.0 Å². The molecule has 34 heavy (non-hydrogen) atoms. The molecule has 1 aromatic carbocycles. The van der Waals surface area contributed by atoms with Crippen molar-refractivity contribution in [2.24, 2.45) is 5.73 Å². The molecule has 0 amide bonds. The van der Waals surface area contributed by atoms with E-state index >= 15 is 0 Å². The summed E-state index contributed by atoms with van der Waals surface area (Å²) in [7, 11) is 0. The van der Waals surface area contributed by atoms with Gasteiger partial charge in [-0.25, -0.2) is 4.98 Å². The summed E-state index contributed by atoms with van der Waals surface area (Å²) < 4.78 is 51.7. The van der Waals surface area contributed by atoms with E-state index in [2.05, 4.69) is 15.0 Å². The summed E-state index contributed by atoms with van der Waals surface area (Å²) in [5.74, 6) is -1.33. The highest BCUT2D eigenvalue weighted by Crippen LogP contribution is 2.36. The van der Waals surface area contributed by atoms with Gasteiger partial charge in [-0.1, -0.05) is 6.07 Å². The van der Waals surface area contributed by atoms with Crippen LogP contribution >= 0.6 is 0 Å². The van der Waals surface area contributed by atoms with E-state index in [4.69, 9.17) is 15.2 Å². The third-order valence-corrected chi connectivity index (χ3v) is 5.14. The molecule has 0 saturated carbocycles. The molecule has 1 aliphatic rings. The molecular weight excluding hydrogens is 449 g/mol. The highest BCUT2D eigenvalue weighted by molar-refractivity contribution is 5.71. The van der Waals surface area contributed by atoms with Crippen LogP contribution in [0, 0.1) is 11.3 Å². The Hall–Kier alpha value is -3.75. The maximum Gasteiger partial charge on any atom is 0.451 e. The summed E-state index contributed by atoms with van der Waals surface area (Å²) in [6.07, 6.45) is -2.53. The quantitative estimate of drug-likeness (QED) is 0.582. The van der Waals surface area contributed by atoms with Crippen molar-refractivity contribution in [2.75, 3.05) is 37.7 Å². The number of pyridine rings is 1. The van der Waals surface area contributed by atoms with E-state index in [1.807, 2.05) is 18.2 Å². The minimum absolute atomic E-state index is 0.0893. The molecule has 2 N–H and O–H groups in total. The zero-order valence-corrected chi connectivity index (χ0v) is 18.0. The van der Waals surface area contributed by atoms with Crippen LogP contribution in [-0.4, -0.2) is 47.8 Å². The number of halogens is 3. The molecule has 4 rings (SSSR count). The van der Waals surface area contributed by atoms with E-state index < -0.39 is 12.0 Å². The van der Waals surface area contributed by atoms with Crippen LogP contribution in [0.4, 0.5) is 19.0 Å².